The molecule has 0 aliphatic carbocycles. The molecule has 0 amide bonds. The number of nitrogens with two attached hydrogens (primary N) is 1. The summed E-state index contributed by atoms with van der Waals surface area (Å²) in [6.45, 7) is -3.32. The summed E-state index contributed by atoms with van der Waals surface area (Å²) in [5.74, 6) is -1.66. The van der Waals surface area contributed by atoms with Gasteiger partial charge in [-0.3, -0.25) is 0 Å². The Balaban J connectivity index is 3.37. The van der Waals surface area contributed by atoms with E-state index in [1.165, 1.54) is 0 Å². The van der Waals surface area contributed by atoms with E-state index in [2.05, 4.69) is 4.74 Å². The molecule has 5 nitrogen and oxygen atoms in total. The molecular formula is C10H8F2N2O3. The fraction of sp³-hybridized carbons (Fsp3) is 0.200. The smallest absolute Gasteiger partial charge is 0.387 e. The maximum Gasteiger partial charge on any atom is 0.387 e. The van der Waals surface area contributed by atoms with E-state index >= 15 is 0 Å². The van der Waals surface area contributed by atoms with Gasteiger partial charge in [-0.15, -0.1) is 0 Å². The molecule has 0 heterocycles. The largest absolute Gasteiger partial charge is 0.478 e. The predicted octanol–water partition coefficient (Wildman–Crippen LogP) is 1.32. The summed E-state index contributed by atoms with van der Waals surface area (Å²) in [6, 6.07) is 3.65. The molecule has 0 fully saturated rings. The Morgan fingerprint density at radius 1 is 1.59 bits per heavy atom. The third-order valence-corrected chi connectivity index (χ3v) is 1.96. The van der Waals surface area contributed by atoms with Crippen LogP contribution in [0.15, 0.2) is 12.1 Å². The minimum atomic E-state index is -3.11. The van der Waals surface area contributed by atoms with Crippen molar-refractivity contribution in [3.8, 4) is 11.8 Å². The van der Waals surface area contributed by atoms with E-state index in [4.69, 9.17) is 16.1 Å². The molecule has 3 N–H and O–H groups in total. The molecule has 90 valence electrons. The van der Waals surface area contributed by atoms with Crippen LogP contribution in [0.1, 0.15) is 21.5 Å². The summed E-state index contributed by atoms with van der Waals surface area (Å²) in [6.07, 6.45) is 0. The van der Waals surface area contributed by atoms with Crippen LogP contribution in [0.2, 0.25) is 0 Å². The lowest BCUT2D eigenvalue weighted by Crippen LogP contribution is -2.10. The molecule has 0 aliphatic rings. The number of nitrogens with zero attached hydrogens (tertiary/aromatic N) is 1. The van der Waals surface area contributed by atoms with E-state index in [0.29, 0.717) is 0 Å². The zero-order valence-electron chi connectivity index (χ0n) is 8.48. The van der Waals surface area contributed by atoms with E-state index < -0.39 is 12.6 Å². The number of carboxylic acids is 1. The topological polar surface area (TPSA) is 96.3 Å². The summed E-state index contributed by atoms with van der Waals surface area (Å²) in [4.78, 5) is 10.7. The van der Waals surface area contributed by atoms with Crippen molar-refractivity contribution in [1.29, 1.82) is 5.26 Å². The van der Waals surface area contributed by atoms with Gasteiger partial charge in [-0.25, -0.2) is 4.79 Å². The molecule has 0 spiro atoms. The normalized spacial score (nSPS) is 10.1. The number of carbonyl (C=O) groups is 1. The quantitative estimate of drug-likeness (QED) is 0.829. The van der Waals surface area contributed by atoms with E-state index in [-0.39, 0.29) is 29.0 Å². The molecule has 0 bridgehead atoms. The van der Waals surface area contributed by atoms with E-state index in [0.717, 1.165) is 12.1 Å². The van der Waals surface area contributed by atoms with Gasteiger partial charge in [0.05, 0.1) is 11.1 Å². The van der Waals surface area contributed by atoms with E-state index in [1.807, 2.05) is 0 Å². The average molecular weight is 242 g/mol. The molecule has 0 saturated carbocycles. The molecule has 7 heteroatoms. The Kier molecular flexibility index (Phi) is 3.96. The van der Waals surface area contributed by atoms with Crippen molar-refractivity contribution in [1.82, 2.24) is 0 Å². The second kappa shape index (κ2) is 5.23. The molecule has 0 radical (unpaired) electrons. The molecule has 0 aliphatic heterocycles. The van der Waals surface area contributed by atoms with Crippen LogP contribution in [0.5, 0.6) is 5.75 Å². The first-order valence-corrected chi connectivity index (χ1v) is 4.44. The van der Waals surface area contributed by atoms with Gasteiger partial charge in [-0.1, -0.05) is 0 Å². The van der Waals surface area contributed by atoms with Crippen LogP contribution in [0.3, 0.4) is 0 Å². The number of hydrogen-bond donors (Lipinski definition) is 2. The number of alkyl halides is 2. The van der Waals surface area contributed by atoms with Crippen LogP contribution >= 0.6 is 0 Å². The van der Waals surface area contributed by atoms with E-state index in [9.17, 15) is 13.6 Å². The molecule has 0 aromatic heterocycles. The number of rotatable bonds is 4. The predicted molar refractivity (Wildman–Crippen MR) is 52.6 cm³/mol. The third-order valence-electron chi connectivity index (χ3n) is 1.96. The zero-order valence-corrected chi connectivity index (χ0v) is 8.48. The van der Waals surface area contributed by atoms with Crippen LogP contribution in [-0.4, -0.2) is 17.7 Å². The summed E-state index contributed by atoms with van der Waals surface area (Å²) in [5.41, 5.74) is 4.84. The number of halogens is 2. The monoisotopic (exact) mass is 242 g/mol. The molecule has 1 rings (SSSR count). The highest BCUT2D eigenvalue weighted by Crippen LogP contribution is 2.27. The van der Waals surface area contributed by atoms with Crippen molar-refractivity contribution < 1.29 is 23.4 Å². The Morgan fingerprint density at radius 2 is 2.24 bits per heavy atom. The maximum atomic E-state index is 12.1. The lowest BCUT2D eigenvalue weighted by Gasteiger charge is -2.11. The van der Waals surface area contributed by atoms with Gasteiger partial charge >= 0.3 is 12.6 Å². The van der Waals surface area contributed by atoms with Crippen molar-refractivity contribution >= 4 is 5.97 Å². The second-order valence-corrected chi connectivity index (χ2v) is 3.01. The van der Waals surface area contributed by atoms with Gasteiger partial charge in [-0.05, 0) is 12.1 Å². The van der Waals surface area contributed by atoms with Gasteiger partial charge in [0.25, 0.3) is 0 Å². The number of carboxylic acid groups (broad SMARTS) is 1. The highest BCUT2D eigenvalue weighted by Gasteiger charge is 2.17. The minimum absolute atomic E-state index is 0.0433. The highest BCUT2D eigenvalue weighted by atomic mass is 19.3. The average Bonchev–Trinajstić information content (AvgIpc) is 2.28. The van der Waals surface area contributed by atoms with Crippen molar-refractivity contribution in [2.45, 2.75) is 13.2 Å². The summed E-state index contributed by atoms with van der Waals surface area (Å²) >= 11 is 0. The summed E-state index contributed by atoms with van der Waals surface area (Å²) in [7, 11) is 0. The van der Waals surface area contributed by atoms with Crippen molar-refractivity contribution in [2.24, 2.45) is 5.73 Å². The Bertz CT molecular complexity index is 483. The van der Waals surface area contributed by atoms with Crippen molar-refractivity contribution in [3.63, 3.8) is 0 Å². The lowest BCUT2D eigenvalue weighted by molar-refractivity contribution is -0.0506. The SMILES string of the molecule is N#Cc1cc(C(=O)O)cc(CN)c1OC(F)F. The van der Waals surface area contributed by atoms with Crippen LogP contribution in [0, 0.1) is 11.3 Å². The number of aromatic carboxylic acids is 1. The molecule has 0 atom stereocenters. The highest BCUT2D eigenvalue weighted by molar-refractivity contribution is 5.89. The Labute approximate surface area is 95.0 Å². The molecular weight excluding hydrogens is 234 g/mol. The number of ether oxygens (including phenoxy) is 1. The molecule has 0 saturated heterocycles. The van der Waals surface area contributed by atoms with Crippen LogP contribution < -0.4 is 10.5 Å². The van der Waals surface area contributed by atoms with Crippen LogP contribution in [0.25, 0.3) is 0 Å². The van der Waals surface area contributed by atoms with Crippen molar-refractivity contribution in [3.05, 3.63) is 28.8 Å². The maximum absolute atomic E-state index is 12.1. The standard InChI is InChI=1S/C10H8F2N2O3/c11-10(12)17-8-6(3-13)1-5(9(15)16)2-7(8)4-14/h1-2,10H,3,13H2,(H,15,16). The van der Waals surface area contributed by atoms with Gasteiger partial charge in [0.15, 0.2) is 0 Å². The second-order valence-electron chi connectivity index (χ2n) is 3.01. The third kappa shape index (κ3) is 2.89. The van der Waals surface area contributed by atoms with Crippen LogP contribution in [-0.2, 0) is 6.54 Å². The fourth-order valence-electron chi connectivity index (χ4n) is 1.28. The summed E-state index contributed by atoms with van der Waals surface area (Å²) < 4.78 is 28.4. The van der Waals surface area contributed by atoms with Gasteiger partial charge in [-0.2, -0.15) is 14.0 Å². The first-order chi connectivity index (χ1) is 7.99. The molecule has 0 unspecified atom stereocenters. The number of hydrogen-bond acceptors (Lipinski definition) is 4. The van der Waals surface area contributed by atoms with Crippen molar-refractivity contribution in [2.75, 3.05) is 0 Å². The Morgan fingerprint density at radius 3 is 2.65 bits per heavy atom. The Hall–Kier alpha value is -2.20. The van der Waals surface area contributed by atoms with Gasteiger partial charge in [0.1, 0.15) is 11.8 Å². The van der Waals surface area contributed by atoms with Gasteiger partial charge in [0, 0.05) is 12.1 Å². The van der Waals surface area contributed by atoms with Gasteiger partial charge < -0.3 is 15.6 Å². The summed E-state index contributed by atoms with van der Waals surface area (Å²) in [5, 5.41) is 17.5. The molecule has 17 heavy (non-hydrogen) atoms. The zero-order chi connectivity index (χ0) is 13.0. The fourth-order valence-corrected chi connectivity index (χ4v) is 1.28. The first-order valence-electron chi connectivity index (χ1n) is 4.44. The van der Waals surface area contributed by atoms with Crippen LogP contribution in [0.4, 0.5) is 8.78 Å². The first kappa shape index (κ1) is 12.9. The molecule has 1 aromatic carbocycles. The molecule has 1 aromatic rings. The van der Waals surface area contributed by atoms with E-state index in [1.54, 1.807) is 6.07 Å². The number of benzene rings is 1. The lowest BCUT2D eigenvalue weighted by atomic mass is 10.0. The van der Waals surface area contributed by atoms with Gasteiger partial charge in [0.2, 0.25) is 0 Å². The minimum Gasteiger partial charge on any atom is -0.478 e. The number of nitriles is 1.